The number of H-pyrrole nitrogens is 1. The van der Waals surface area contributed by atoms with E-state index in [1.807, 2.05) is 7.05 Å². The summed E-state index contributed by atoms with van der Waals surface area (Å²) in [6, 6.07) is 4.53. The molecule has 1 saturated heterocycles. The zero-order valence-electron chi connectivity index (χ0n) is 10.6. The number of aromatic amines is 1. The number of hydrogen-bond acceptors (Lipinski definition) is 4. The first kappa shape index (κ1) is 12.0. The first-order chi connectivity index (χ1) is 9.08. The lowest BCUT2D eigenvalue weighted by Gasteiger charge is -2.13. The van der Waals surface area contributed by atoms with Crippen LogP contribution in [-0.4, -0.2) is 39.7 Å². The van der Waals surface area contributed by atoms with Gasteiger partial charge in [0.05, 0.1) is 11.6 Å². The maximum Gasteiger partial charge on any atom is 0.329 e. The van der Waals surface area contributed by atoms with Gasteiger partial charge >= 0.3 is 5.69 Å². The quantitative estimate of drug-likeness (QED) is 0.772. The molecule has 1 aliphatic heterocycles. The van der Waals surface area contributed by atoms with Gasteiger partial charge in [0.2, 0.25) is 0 Å². The van der Waals surface area contributed by atoms with Crippen molar-refractivity contribution in [3.05, 3.63) is 39.0 Å². The smallest absolute Gasteiger partial charge is 0.329 e. The van der Waals surface area contributed by atoms with Crippen molar-refractivity contribution in [1.29, 1.82) is 0 Å². The average Bonchev–Trinajstić information content (AvgIpc) is 2.75. The van der Waals surface area contributed by atoms with Crippen LogP contribution in [0.15, 0.2) is 27.8 Å². The Bertz CT molecular complexity index is 747. The van der Waals surface area contributed by atoms with Crippen LogP contribution < -0.4 is 11.2 Å². The Morgan fingerprint density at radius 1 is 1.37 bits per heavy atom. The van der Waals surface area contributed by atoms with Gasteiger partial charge in [-0.3, -0.25) is 9.36 Å². The van der Waals surface area contributed by atoms with Gasteiger partial charge in [0.15, 0.2) is 0 Å². The number of aromatic nitrogens is 2. The molecule has 1 aliphatic rings. The highest BCUT2D eigenvalue weighted by molar-refractivity contribution is 5.83. The lowest BCUT2D eigenvalue weighted by Crippen LogP contribution is -2.38. The molecule has 1 aromatic heterocycles. The van der Waals surface area contributed by atoms with E-state index in [-0.39, 0.29) is 17.2 Å². The number of phenolic OH excluding ortho intramolecular Hbond substituents is 1. The molecule has 0 bridgehead atoms. The lowest BCUT2D eigenvalue weighted by molar-refractivity contribution is 0.386. The molecule has 2 heterocycles. The predicted octanol–water partition coefficient (Wildman–Crippen LogP) is 0.272. The second-order valence-corrected chi connectivity index (χ2v) is 5.01. The van der Waals surface area contributed by atoms with Gasteiger partial charge in [-0.1, -0.05) is 6.07 Å². The molecule has 0 amide bonds. The second-order valence-electron chi connectivity index (χ2n) is 5.01. The van der Waals surface area contributed by atoms with Crippen LogP contribution in [0.4, 0.5) is 0 Å². The summed E-state index contributed by atoms with van der Waals surface area (Å²) in [4.78, 5) is 29.2. The van der Waals surface area contributed by atoms with Crippen molar-refractivity contribution >= 4 is 10.9 Å². The minimum atomic E-state index is -0.419. The van der Waals surface area contributed by atoms with Crippen LogP contribution in [0.25, 0.3) is 10.9 Å². The maximum atomic E-state index is 12.4. The summed E-state index contributed by atoms with van der Waals surface area (Å²) in [6.45, 7) is 1.53. The van der Waals surface area contributed by atoms with Crippen molar-refractivity contribution in [2.75, 3.05) is 20.1 Å². The summed E-state index contributed by atoms with van der Waals surface area (Å²) < 4.78 is 1.23. The molecule has 0 saturated carbocycles. The van der Waals surface area contributed by atoms with Crippen LogP contribution in [0.2, 0.25) is 0 Å². The number of nitrogens with zero attached hydrogens (tertiary/aromatic N) is 2. The van der Waals surface area contributed by atoms with Gasteiger partial charge in [-0.2, -0.15) is 0 Å². The van der Waals surface area contributed by atoms with E-state index >= 15 is 0 Å². The van der Waals surface area contributed by atoms with Crippen LogP contribution in [-0.2, 0) is 0 Å². The molecule has 100 valence electrons. The molecule has 19 heavy (non-hydrogen) atoms. The molecule has 2 aromatic rings. The fourth-order valence-corrected chi connectivity index (χ4v) is 2.71. The Morgan fingerprint density at radius 3 is 2.84 bits per heavy atom. The number of likely N-dealkylation sites (N-methyl/N-ethyl adjacent to an activating group) is 1. The molecule has 1 aromatic carbocycles. The van der Waals surface area contributed by atoms with Crippen molar-refractivity contribution in [3.63, 3.8) is 0 Å². The number of nitrogens with one attached hydrogen (secondary N) is 1. The number of rotatable bonds is 1. The lowest BCUT2D eigenvalue weighted by atomic mass is 10.2. The molecule has 6 nitrogen and oxygen atoms in total. The summed E-state index contributed by atoms with van der Waals surface area (Å²) in [7, 11) is 1.96. The number of benzene rings is 1. The molecule has 0 radical (unpaired) electrons. The van der Waals surface area contributed by atoms with Gasteiger partial charge in [-0.15, -0.1) is 0 Å². The van der Waals surface area contributed by atoms with Crippen molar-refractivity contribution in [2.45, 2.75) is 12.5 Å². The van der Waals surface area contributed by atoms with Gasteiger partial charge < -0.3 is 15.0 Å². The topological polar surface area (TPSA) is 78.3 Å². The van der Waals surface area contributed by atoms with Gasteiger partial charge in [0, 0.05) is 6.54 Å². The average molecular weight is 261 g/mol. The van der Waals surface area contributed by atoms with E-state index in [9.17, 15) is 14.7 Å². The summed E-state index contributed by atoms with van der Waals surface area (Å²) >= 11 is 0. The first-order valence-electron chi connectivity index (χ1n) is 6.23. The van der Waals surface area contributed by atoms with E-state index in [1.165, 1.54) is 10.6 Å². The largest absolute Gasteiger partial charge is 0.507 e. The maximum absolute atomic E-state index is 12.4. The summed E-state index contributed by atoms with van der Waals surface area (Å²) in [6.07, 6.45) is 0.762. The Hall–Kier alpha value is -2.08. The highest BCUT2D eigenvalue weighted by Gasteiger charge is 2.25. The SMILES string of the molecule is CN1CCC(n2c(=O)[nH]c3cccc(O)c3c2=O)C1. The molecule has 0 spiro atoms. The standard InChI is InChI=1S/C13H15N3O3/c1-15-6-5-8(7-15)16-12(18)11-9(14-13(16)19)3-2-4-10(11)17/h2-4,8,17H,5-7H2,1H3,(H,14,19). The molecular weight excluding hydrogens is 246 g/mol. The monoisotopic (exact) mass is 261 g/mol. The van der Waals surface area contributed by atoms with Crippen molar-refractivity contribution in [2.24, 2.45) is 0 Å². The van der Waals surface area contributed by atoms with Gasteiger partial charge in [0.25, 0.3) is 5.56 Å². The van der Waals surface area contributed by atoms with Gasteiger partial charge in [0.1, 0.15) is 11.1 Å². The fraction of sp³-hybridized carbons (Fsp3) is 0.385. The minimum absolute atomic E-state index is 0.0983. The number of phenols is 1. The Balaban J connectivity index is 2.29. The molecule has 0 aliphatic carbocycles. The second kappa shape index (κ2) is 4.24. The van der Waals surface area contributed by atoms with E-state index in [0.717, 1.165) is 13.0 Å². The molecule has 1 atom stereocenters. The van der Waals surface area contributed by atoms with Crippen molar-refractivity contribution in [3.8, 4) is 5.75 Å². The van der Waals surface area contributed by atoms with Crippen LogP contribution in [0.3, 0.4) is 0 Å². The van der Waals surface area contributed by atoms with E-state index in [1.54, 1.807) is 12.1 Å². The van der Waals surface area contributed by atoms with Crippen LogP contribution in [0, 0.1) is 0 Å². The van der Waals surface area contributed by atoms with Gasteiger partial charge in [-0.25, -0.2) is 4.79 Å². The Labute approximate surface area is 108 Å². The minimum Gasteiger partial charge on any atom is -0.507 e. The third-order valence-electron chi connectivity index (χ3n) is 3.67. The number of hydrogen-bond donors (Lipinski definition) is 2. The van der Waals surface area contributed by atoms with Crippen molar-refractivity contribution < 1.29 is 5.11 Å². The van der Waals surface area contributed by atoms with Crippen LogP contribution in [0.1, 0.15) is 12.5 Å². The third kappa shape index (κ3) is 1.84. The fourth-order valence-electron chi connectivity index (χ4n) is 2.71. The molecule has 1 fully saturated rings. The molecule has 6 heteroatoms. The Morgan fingerprint density at radius 2 is 2.16 bits per heavy atom. The van der Waals surface area contributed by atoms with Gasteiger partial charge in [-0.05, 0) is 32.1 Å². The summed E-state index contributed by atoms with van der Waals surface area (Å²) in [5.41, 5.74) is -0.460. The Kier molecular flexibility index (Phi) is 2.67. The van der Waals surface area contributed by atoms with E-state index in [0.29, 0.717) is 12.1 Å². The van der Waals surface area contributed by atoms with Crippen molar-refractivity contribution in [1.82, 2.24) is 14.5 Å². The van der Waals surface area contributed by atoms with E-state index < -0.39 is 11.2 Å². The highest BCUT2D eigenvalue weighted by atomic mass is 16.3. The highest BCUT2D eigenvalue weighted by Crippen LogP contribution is 2.21. The zero-order valence-corrected chi connectivity index (χ0v) is 10.6. The molecule has 2 N–H and O–H groups in total. The van der Waals surface area contributed by atoms with Crippen LogP contribution >= 0.6 is 0 Å². The number of likely N-dealkylation sites (tertiary alicyclic amines) is 1. The number of fused-ring (bicyclic) bond motifs is 1. The van der Waals surface area contributed by atoms with Crippen LogP contribution in [0.5, 0.6) is 5.75 Å². The zero-order chi connectivity index (χ0) is 13.6. The number of aromatic hydroxyl groups is 1. The summed E-state index contributed by atoms with van der Waals surface area (Å²) in [5.74, 6) is -0.0983. The van der Waals surface area contributed by atoms with E-state index in [4.69, 9.17) is 0 Å². The molecule has 3 rings (SSSR count). The third-order valence-corrected chi connectivity index (χ3v) is 3.67. The predicted molar refractivity (Wildman–Crippen MR) is 71.6 cm³/mol. The first-order valence-corrected chi connectivity index (χ1v) is 6.23. The summed E-state index contributed by atoms with van der Waals surface area (Å²) in [5, 5.41) is 9.99. The van der Waals surface area contributed by atoms with E-state index in [2.05, 4.69) is 9.88 Å². The normalized spacial score (nSPS) is 20.2. The molecule has 1 unspecified atom stereocenters. The molecular formula is C13H15N3O3.